The lowest BCUT2D eigenvalue weighted by molar-refractivity contribution is -0.170. The number of hydrogen-bond acceptors (Lipinski definition) is 28. The molecule has 1 unspecified atom stereocenters. The molecule has 0 radical (unpaired) electrons. The third-order valence-corrected chi connectivity index (χ3v) is 10.2. The largest absolute Gasteiger partial charge is 0.489 e. The first kappa shape index (κ1) is 58.8. The molecule has 5 rings (SSSR count). The zero-order valence-electron chi connectivity index (χ0n) is 42.3. The Morgan fingerprint density at radius 3 is 1.44 bits per heavy atom. The molecule has 0 N–H and O–H groups in total. The minimum absolute atomic E-state index is 0.0472. The number of hydrogen-bond donors (Lipinski definition) is 0. The third-order valence-electron chi connectivity index (χ3n) is 10.2. The minimum Gasteiger partial charge on any atom is -0.489 e. The van der Waals surface area contributed by atoms with Gasteiger partial charge in [-0.1, -0.05) is 0 Å². The Bertz CT molecular complexity index is 2670. The van der Waals surface area contributed by atoms with E-state index in [9.17, 15) is 52.7 Å². The average Bonchev–Trinajstić information content (AvgIpc) is 3.93. The fourth-order valence-corrected chi connectivity index (χ4v) is 7.08. The van der Waals surface area contributed by atoms with Crippen molar-refractivity contribution in [2.75, 3.05) is 91.4 Å². The smallest absolute Gasteiger partial charge is 0.340 e. The van der Waals surface area contributed by atoms with Gasteiger partial charge in [-0.2, -0.15) is 0 Å². The summed E-state index contributed by atoms with van der Waals surface area (Å²) < 4.78 is 79.3. The van der Waals surface area contributed by atoms with Gasteiger partial charge in [0.05, 0.1) is 37.6 Å². The van der Waals surface area contributed by atoms with Crippen molar-refractivity contribution in [2.45, 2.75) is 47.1 Å². The van der Waals surface area contributed by atoms with Gasteiger partial charge in [0.2, 0.25) is 34.0 Å². The van der Waals surface area contributed by atoms with Crippen LogP contribution in [-0.4, -0.2) is 157 Å². The standard InChI is InChI=1S/C49H52N2O26/c1-28(52)65-23-70-34-7-9-37-41(15-34)76-42-16-35(75-33(6)57)8-10-38(42)49(37)39-18-43(64-14-13-63-12-11-50(19-44(58)71-24-66-29(2)53)20-45(59)72-25-67-30(3)54)40(17-36(39)48(62)77-49)51(21-46(60)73-26-68-31(4)55)22-47(61)74-27-69-32(5)56/h7-10,15-18H,11-14,19-27H2,1-6H3. The highest BCUT2D eigenvalue weighted by molar-refractivity contribution is 5.99. The number of esters is 11. The molecule has 0 aromatic heterocycles. The average molecular weight is 1080 g/mol. The second-order valence-corrected chi connectivity index (χ2v) is 16.0. The van der Waals surface area contributed by atoms with Gasteiger partial charge in [0.15, 0.2) is 5.60 Å². The van der Waals surface area contributed by atoms with Crippen LogP contribution in [0.25, 0.3) is 0 Å². The highest BCUT2D eigenvalue weighted by atomic mass is 16.7. The van der Waals surface area contributed by atoms with Crippen LogP contribution < -0.4 is 23.8 Å². The van der Waals surface area contributed by atoms with Crippen LogP contribution >= 0.6 is 0 Å². The van der Waals surface area contributed by atoms with Gasteiger partial charge in [0.25, 0.3) is 0 Å². The zero-order chi connectivity index (χ0) is 56.2. The number of ether oxygens (including phenoxy) is 15. The van der Waals surface area contributed by atoms with Crippen molar-refractivity contribution in [3.63, 3.8) is 0 Å². The molecular weight excluding hydrogens is 1030 g/mol. The molecule has 2 aliphatic heterocycles. The van der Waals surface area contributed by atoms with Gasteiger partial charge in [0.1, 0.15) is 48.4 Å². The predicted octanol–water partition coefficient (Wildman–Crippen LogP) is 1.84. The molecule has 0 amide bonds. The molecule has 3 aromatic rings. The summed E-state index contributed by atoms with van der Waals surface area (Å²) >= 11 is 0. The normalized spacial score (nSPS) is 13.4. The Labute approximate surface area is 437 Å². The molecule has 0 aliphatic carbocycles. The number of carbonyl (C=O) groups excluding carboxylic acids is 11. The van der Waals surface area contributed by atoms with Gasteiger partial charge < -0.3 is 76.0 Å². The third kappa shape index (κ3) is 17.5. The van der Waals surface area contributed by atoms with E-state index >= 15 is 0 Å². The number of nitrogens with zero attached hydrogens (tertiary/aromatic N) is 2. The lowest BCUT2D eigenvalue weighted by Crippen LogP contribution is -2.39. The van der Waals surface area contributed by atoms with Crippen LogP contribution in [0.2, 0.25) is 0 Å². The summed E-state index contributed by atoms with van der Waals surface area (Å²) in [7, 11) is 0. The Balaban J connectivity index is 1.54. The molecule has 28 heteroatoms. The monoisotopic (exact) mass is 1080 g/mol. The summed E-state index contributed by atoms with van der Waals surface area (Å²) in [4.78, 5) is 137. The molecule has 2 aliphatic rings. The van der Waals surface area contributed by atoms with E-state index < -0.39 is 131 Å². The first-order chi connectivity index (χ1) is 36.6. The molecule has 77 heavy (non-hydrogen) atoms. The fraction of sp³-hybridized carbons (Fsp3) is 0.408. The molecule has 0 saturated heterocycles. The molecule has 0 saturated carbocycles. The van der Waals surface area contributed by atoms with Gasteiger partial charge >= 0.3 is 65.7 Å². The first-order valence-electron chi connectivity index (χ1n) is 22.8. The maximum absolute atomic E-state index is 14.4. The van der Waals surface area contributed by atoms with E-state index in [4.69, 9.17) is 61.6 Å². The van der Waals surface area contributed by atoms with Crippen molar-refractivity contribution in [3.05, 3.63) is 70.8 Å². The number of fused-ring (bicyclic) bond motifs is 6. The van der Waals surface area contributed by atoms with Crippen molar-refractivity contribution < 1.29 is 124 Å². The second kappa shape index (κ2) is 28.0. The van der Waals surface area contributed by atoms with Gasteiger partial charge in [-0.05, 0) is 36.4 Å². The topological polar surface area (TPSA) is 333 Å². The van der Waals surface area contributed by atoms with Crippen LogP contribution in [0.4, 0.5) is 5.69 Å². The van der Waals surface area contributed by atoms with E-state index in [1.54, 1.807) is 0 Å². The first-order valence-corrected chi connectivity index (χ1v) is 22.8. The highest BCUT2D eigenvalue weighted by Crippen LogP contribution is 2.58. The van der Waals surface area contributed by atoms with E-state index in [1.165, 1.54) is 67.3 Å². The SMILES string of the molecule is CC(=O)OCOC(=O)CN(CCOCCOc1cc2c(cc1N(CC(=O)OCOC(C)=O)CC(=O)OCOC(C)=O)C(=O)OC21c2ccc(OCOC(C)=O)cc2Oc2cc(OC(C)=O)ccc21)CC(=O)OCOC(C)=O. The number of carbonyl (C=O) groups is 11. The van der Waals surface area contributed by atoms with Gasteiger partial charge in [-0.25, -0.2) is 4.79 Å². The number of rotatable bonds is 28. The van der Waals surface area contributed by atoms with Crippen molar-refractivity contribution in [2.24, 2.45) is 0 Å². The summed E-state index contributed by atoms with van der Waals surface area (Å²) in [5.74, 6) is -8.89. The van der Waals surface area contributed by atoms with E-state index in [2.05, 4.69) is 9.47 Å². The minimum atomic E-state index is -1.88. The van der Waals surface area contributed by atoms with Crippen LogP contribution in [0.5, 0.6) is 28.7 Å². The summed E-state index contributed by atoms with van der Waals surface area (Å²) in [6.07, 6.45) is 0. The summed E-state index contributed by atoms with van der Waals surface area (Å²) in [6.45, 7) is -0.205. The molecule has 28 nitrogen and oxygen atoms in total. The number of benzene rings is 3. The molecule has 2 heterocycles. The number of anilines is 1. The van der Waals surface area contributed by atoms with E-state index in [0.717, 1.165) is 32.6 Å². The van der Waals surface area contributed by atoms with Gasteiger partial charge in [-0.15, -0.1) is 0 Å². The Morgan fingerprint density at radius 2 is 0.948 bits per heavy atom. The van der Waals surface area contributed by atoms with Crippen LogP contribution in [0, 0.1) is 0 Å². The highest BCUT2D eigenvalue weighted by Gasteiger charge is 2.54. The van der Waals surface area contributed by atoms with Crippen LogP contribution in [-0.2, 0) is 106 Å². The van der Waals surface area contributed by atoms with Crippen LogP contribution in [0.1, 0.15) is 68.6 Å². The van der Waals surface area contributed by atoms with Crippen LogP contribution in [0.15, 0.2) is 48.5 Å². The summed E-state index contributed by atoms with van der Waals surface area (Å²) in [5.41, 5.74) is -1.57. The fourth-order valence-electron chi connectivity index (χ4n) is 7.08. The quantitative estimate of drug-likeness (QED) is 0.0329. The van der Waals surface area contributed by atoms with E-state index in [1.807, 2.05) is 0 Å². The molecule has 1 spiro atoms. The molecule has 0 fully saturated rings. The van der Waals surface area contributed by atoms with Crippen molar-refractivity contribution >= 4 is 71.3 Å². The lowest BCUT2D eigenvalue weighted by Gasteiger charge is -2.37. The molecule has 3 aromatic carbocycles. The van der Waals surface area contributed by atoms with E-state index in [-0.39, 0.29) is 83.1 Å². The Kier molecular flexibility index (Phi) is 21.4. The second-order valence-electron chi connectivity index (χ2n) is 16.0. The van der Waals surface area contributed by atoms with Crippen molar-refractivity contribution in [1.82, 2.24) is 4.90 Å². The summed E-state index contributed by atoms with van der Waals surface area (Å²) in [6, 6.07) is 11.4. The molecular formula is C49H52N2O26. The predicted molar refractivity (Wildman–Crippen MR) is 249 cm³/mol. The molecule has 0 bridgehead atoms. The summed E-state index contributed by atoms with van der Waals surface area (Å²) in [5, 5.41) is 0. The van der Waals surface area contributed by atoms with Crippen molar-refractivity contribution in [3.8, 4) is 28.7 Å². The van der Waals surface area contributed by atoms with Crippen LogP contribution in [0.3, 0.4) is 0 Å². The molecule has 414 valence electrons. The van der Waals surface area contributed by atoms with Gasteiger partial charge in [-0.3, -0.25) is 52.8 Å². The zero-order valence-corrected chi connectivity index (χ0v) is 42.3. The molecule has 1 atom stereocenters. The van der Waals surface area contributed by atoms with Crippen molar-refractivity contribution in [1.29, 1.82) is 0 Å². The maximum Gasteiger partial charge on any atom is 0.340 e. The Morgan fingerprint density at radius 1 is 0.481 bits per heavy atom. The Hall–Kier alpha value is -9.05. The van der Waals surface area contributed by atoms with Gasteiger partial charge in [0, 0.05) is 76.9 Å². The lowest BCUT2D eigenvalue weighted by atomic mass is 9.77. The van der Waals surface area contributed by atoms with E-state index in [0.29, 0.717) is 0 Å². The maximum atomic E-state index is 14.4.